The van der Waals surface area contributed by atoms with Gasteiger partial charge >= 0.3 is 0 Å². The van der Waals surface area contributed by atoms with Gasteiger partial charge in [0, 0.05) is 30.6 Å². The van der Waals surface area contributed by atoms with Gasteiger partial charge in [0.05, 0.1) is 17.2 Å². The number of rotatable bonds is 2. The first-order chi connectivity index (χ1) is 12.5. The molecule has 0 amide bonds. The lowest BCUT2D eigenvalue weighted by molar-refractivity contribution is -0.216. The minimum atomic E-state index is -3.52. The van der Waals surface area contributed by atoms with Gasteiger partial charge in [0.1, 0.15) is 22.8 Å². The molecule has 1 saturated heterocycles. The van der Waals surface area contributed by atoms with Gasteiger partial charge in [-0.3, -0.25) is 0 Å². The lowest BCUT2D eigenvalue weighted by atomic mass is 9.77. The van der Waals surface area contributed by atoms with Crippen molar-refractivity contribution in [2.24, 2.45) is 0 Å². The van der Waals surface area contributed by atoms with Crippen molar-refractivity contribution < 1.29 is 22.3 Å². The van der Waals surface area contributed by atoms with Crippen molar-refractivity contribution in [2.45, 2.75) is 37.8 Å². The second-order valence-corrected chi connectivity index (χ2v) is 7.46. The third-order valence-corrected chi connectivity index (χ3v) is 5.08. The monoisotopic (exact) mass is 403 g/mol. The fourth-order valence-electron chi connectivity index (χ4n) is 3.23. The Morgan fingerprint density at radius 3 is 2.33 bits per heavy atom. The molecule has 0 saturated carbocycles. The third kappa shape index (κ3) is 3.19. The average Bonchev–Trinajstić information content (AvgIpc) is 2.66. The lowest BCUT2D eigenvalue weighted by Gasteiger charge is -2.44. The fourth-order valence-corrected chi connectivity index (χ4v) is 3.33. The summed E-state index contributed by atoms with van der Waals surface area (Å²) in [5, 5.41) is 2.90. The van der Waals surface area contributed by atoms with E-state index in [-0.39, 0.29) is 29.6 Å². The zero-order valence-electron chi connectivity index (χ0n) is 14.9. The molecule has 1 N–H and O–H groups in total. The van der Waals surface area contributed by atoms with Gasteiger partial charge in [-0.15, -0.1) is 0 Å². The van der Waals surface area contributed by atoms with E-state index in [1.165, 1.54) is 33.2 Å². The van der Waals surface area contributed by atoms with E-state index >= 15 is 8.78 Å². The lowest BCUT2D eigenvalue weighted by Crippen LogP contribution is -2.62. The van der Waals surface area contributed by atoms with E-state index in [9.17, 15) is 8.78 Å². The van der Waals surface area contributed by atoms with Gasteiger partial charge in [0.25, 0.3) is 5.92 Å². The summed E-state index contributed by atoms with van der Waals surface area (Å²) in [6.07, 6.45) is 2.48. The number of benzene rings is 1. The van der Waals surface area contributed by atoms with Gasteiger partial charge in [0.15, 0.2) is 5.82 Å². The molecular formula is C18H18ClF4N3O. The predicted octanol–water partition coefficient (Wildman–Crippen LogP) is 4.32. The average molecular weight is 404 g/mol. The first-order valence-corrected chi connectivity index (χ1v) is 8.61. The highest BCUT2D eigenvalue weighted by Crippen LogP contribution is 2.48. The quantitative estimate of drug-likeness (QED) is 0.758. The Labute approximate surface area is 158 Å². The summed E-state index contributed by atoms with van der Waals surface area (Å²) < 4.78 is 65.0. The maximum atomic E-state index is 15.3. The number of ether oxygens (including phenoxy) is 1. The molecule has 0 radical (unpaired) electrons. The van der Waals surface area contributed by atoms with Crippen LogP contribution in [0.5, 0.6) is 0 Å². The van der Waals surface area contributed by atoms with Crippen molar-refractivity contribution in [3.63, 3.8) is 0 Å². The number of alkyl halides is 2. The van der Waals surface area contributed by atoms with E-state index in [0.717, 1.165) is 6.07 Å². The highest BCUT2D eigenvalue weighted by atomic mass is 35.5. The molecule has 0 aliphatic carbocycles. The van der Waals surface area contributed by atoms with Gasteiger partial charge in [-0.05, 0) is 26.8 Å². The molecule has 9 heteroatoms. The molecule has 1 aliphatic heterocycles. The maximum absolute atomic E-state index is 15.3. The van der Waals surface area contributed by atoms with Crippen LogP contribution in [0.1, 0.15) is 26.3 Å². The molecule has 1 aliphatic rings. The molecule has 1 atom stereocenters. The summed E-state index contributed by atoms with van der Waals surface area (Å²) in [6.45, 7) is 3.74. The molecular weight excluding hydrogens is 386 g/mol. The van der Waals surface area contributed by atoms with E-state index in [1.807, 2.05) is 0 Å². The van der Waals surface area contributed by atoms with Crippen LogP contribution in [0.15, 0.2) is 24.5 Å². The van der Waals surface area contributed by atoms with Crippen LogP contribution in [-0.4, -0.2) is 34.6 Å². The molecule has 3 rings (SSSR count). The van der Waals surface area contributed by atoms with Crippen molar-refractivity contribution in [1.29, 1.82) is 0 Å². The smallest absolute Gasteiger partial charge is 0.297 e. The molecule has 146 valence electrons. The van der Waals surface area contributed by atoms with E-state index < -0.39 is 34.3 Å². The number of halogens is 5. The minimum absolute atomic E-state index is 0.0220. The van der Waals surface area contributed by atoms with Crippen LogP contribution >= 0.6 is 11.6 Å². The standard InChI is InChI=1S/C18H18ClF4N3O/c1-16(2)18(22,23)17(3,26-4-5-27-16)12-6-11(13(20)7-14(12)21)15-24-8-10(19)9-25-15/h6-9,26H,4-5H2,1-3H3/t17-/m1/s1. The Bertz CT molecular complexity index is 860. The van der Waals surface area contributed by atoms with Crippen LogP contribution in [0.2, 0.25) is 5.02 Å². The second-order valence-electron chi connectivity index (χ2n) is 7.02. The van der Waals surface area contributed by atoms with Crippen molar-refractivity contribution >= 4 is 11.6 Å². The van der Waals surface area contributed by atoms with Gasteiger partial charge in [-0.25, -0.2) is 27.5 Å². The summed E-state index contributed by atoms with van der Waals surface area (Å²) in [7, 11) is 0. The highest BCUT2D eigenvalue weighted by molar-refractivity contribution is 6.30. The number of hydrogen-bond acceptors (Lipinski definition) is 4. The molecule has 0 spiro atoms. The van der Waals surface area contributed by atoms with Crippen LogP contribution < -0.4 is 5.32 Å². The summed E-state index contributed by atoms with van der Waals surface area (Å²) in [6, 6.07) is 1.57. The Kier molecular flexibility index (Phi) is 4.95. The summed E-state index contributed by atoms with van der Waals surface area (Å²) >= 11 is 5.72. The van der Waals surface area contributed by atoms with Crippen LogP contribution in [0.3, 0.4) is 0 Å². The number of hydrogen-bond donors (Lipinski definition) is 1. The minimum Gasteiger partial charge on any atom is -0.368 e. The van der Waals surface area contributed by atoms with Crippen molar-refractivity contribution in [3.8, 4) is 11.4 Å². The molecule has 0 bridgehead atoms. The zero-order chi connectivity index (χ0) is 20.0. The maximum Gasteiger partial charge on any atom is 0.297 e. The van der Waals surface area contributed by atoms with Gasteiger partial charge in [-0.2, -0.15) is 0 Å². The van der Waals surface area contributed by atoms with E-state index in [1.54, 1.807) is 0 Å². The number of nitrogens with one attached hydrogen (secondary N) is 1. The fraction of sp³-hybridized carbons (Fsp3) is 0.444. The molecule has 1 aromatic heterocycles. The van der Waals surface area contributed by atoms with E-state index in [2.05, 4.69) is 15.3 Å². The third-order valence-electron chi connectivity index (χ3n) is 4.88. The zero-order valence-corrected chi connectivity index (χ0v) is 15.7. The largest absolute Gasteiger partial charge is 0.368 e. The Balaban J connectivity index is 2.21. The first-order valence-electron chi connectivity index (χ1n) is 8.24. The molecule has 1 aromatic carbocycles. The first kappa shape index (κ1) is 20.0. The Morgan fingerprint density at radius 1 is 1.07 bits per heavy atom. The van der Waals surface area contributed by atoms with Crippen LogP contribution in [0, 0.1) is 11.6 Å². The molecule has 2 aromatic rings. The van der Waals surface area contributed by atoms with Crippen LogP contribution in [0.25, 0.3) is 11.4 Å². The molecule has 1 fully saturated rings. The van der Waals surface area contributed by atoms with Crippen LogP contribution in [-0.2, 0) is 10.3 Å². The van der Waals surface area contributed by atoms with Crippen molar-refractivity contribution in [3.05, 3.63) is 46.7 Å². The summed E-state index contributed by atoms with van der Waals surface area (Å²) in [5.41, 5.74) is -4.62. The van der Waals surface area contributed by atoms with Crippen LogP contribution in [0.4, 0.5) is 17.6 Å². The van der Waals surface area contributed by atoms with Gasteiger partial charge < -0.3 is 10.1 Å². The van der Waals surface area contributed by atoms with Gasteiger partial charge in [-0.1, -0.05) is 11.6 Å². The molecule has 0 unspecified atom stereocenters. The van der Waals surface area contributed by atoms with Crippen molar-refractivity contribution in [2.75, 3.05) is 13.2 Å². The summed E-state index contributed by atoms with van der Waals surface area (Å²) in [4.78, 5) is 7.79. The molecule has 4 nitrogen and oxygen atoms in total. The second kappa shape index (κ2) is 6.68. The number of aromatic nitrogens is 2. The Hall–Kier alpha value is -1.77. The predicted molar refractivity (Wildman–Crippen MR) is 92.7 cm³/mol. The van der Waals surface area contributed by atoms with Crippen molar-refractivity contribution in [1.82, 2.24) is 15.3 Å². The molecule has 2 heterocycles. The Morgan fingerprint density at radius 2 is 1.70 bits per heavy atom. The van der Waals surface area contributed by atoms with E-state index in [4.69, 9.17) is 16.3 Å². The normalized spacial score (nSPS) is 24.4. The SMILES string of the molecule is CC1(C)OCCN[C@](C)(c2cc(-c3ncc(Cl)cn3)c(F)cc2F)C1(F)F. The summed E-state index contributed by atoms with van der Waals surface area (Å²) in [5.74, 6) is -5.67. The van der Waals surface area contributed by atoms with Gasteiger partial charge in [0.2, 0.25) is 0 Å². The topological polar surface area (TPSA) is 47.0 Å². The van der Waals surface area contributed by atoms with E-state index in [0.29, 0.717) is 6.07 Å². The molecule has 27 heavy (non-hydrogen) atoms. The number of nitrogens with zero attached hydrogens (tertiary/aromatic N) is 2. The highest BCUT2D eigenvalue weighted by Gasteiger charge is 2.63.